The highest BCUT2D eigenvalue weighted by molar-refractivity contribution is 6.32. The van der Waals surface area contributed by atoms with E-state index in [1.807, 2.05) is 13.8 Å². The normalized spacial score (nSPS) is 23.1. The van der Waals surface area contributed by atoms with Crippen LogP contribution in [0.25, 0.3) is 0 Å². The van der Waals surface area contributed by atoms with Gasteiger partial charge >= 0.3 is 5.97 Å². The first-order valence-electron chi connectivity index (χ1n) is 8.25. The van der Waals surface area contributed by atoms with Crippen LogP contribution in [0.5, 0.6) is 11.5 Å². The summed E-state index contributed by atoms with van der Waals surface area (Å²) in [6, 6.07) is 8.33. The number of hydrogen-bond donors (Lipinski definition) is 0. The fourth-order valence-corrected chi connectivity index (χ4v) is 3.12. The van der Waals surface area contributed by atoms with Crippen molar-refractivity contribution in [3.05, 3.63) is 53.3 Å². The lowest BCUT2D eigenvalue weighted by Gasteiger charge is -2.31. The summed E-state index contributed by atoms with van der Waals surface area (Å²) in [4.78, 5) is 16.3. The first kappa shape index (κ1) is 17.7. The van der Waals surface area contributed by atoms with Crippen LogP contribution in [0, 0.1) is 0 Å². The van der Waals surface area contributed by atoms with Crippen molar-refractivity contribution >= 4 is 17.6 Å². The van der Waals surface area contributed by atoms with Crippen molar-refractivity contribution in [1.29, 1.82) is 0 Å². The Bertz CT molecular complexity index is 727. The van der Waals surface area contributed by atoms with Gasteiger partial charge in [-0.25, -0.2) is 4.79 Å². The minimum Gasteiger partial charge on any atom is -0.459 e. The van der Waals surface area contributed by atoms with Crippen molar-refractivity contribution in [2.75, 3.05) is 0 Å². The van der Waals surface area contributed by atoms with Gasteiger partial charge in [0.05, 0.1) is 22.8 Å². The number of esters is 1. The number of ether oxygens (including phenoxy) is 3. The molecule has 3 rings (SSSR count). The van der Waals surface area contributed by atoms with Crippen molar-refractivity contribution in [3.63, 3.8) is 0 Å². The molecule has 132 valence electrons. The zero-order chi connectivity index (χ0) is 17.8. The zero-order valence-corrected chi connectivity index (χ0v) is 14.9. The number of pyridine rings is 1. The fraction of sp³-hybridized carbons (Fsp3) is 0.368. The Kier molecular flexibility index (Phi) is 5.56. The van der Waals surface area contributed by atoms with Crippen LogP contribution in [0.1, 0.15) is 37.0 Å². The molecule has 5 nitrogen and oxygen atoms in total. The van der Waals surface area contributed by atoms with Gasteiger partial charge in [0.15, 0.2) is 0 Å². The van der Waals surface area contributed by atoms with Gasteiger partial charge < -0.3 is 14.2 Å². The number of aromatic nitrogens is 1. The van der Waals surface area contributed by atoms with E-state index in [-0.39, 0.29) is 24.3 Å². The summed E-state index contributed by atoms with van der Waals surface area (Å²) in [5.41, 5.74) is 0.402. The second-order valence-corrected chi connectivity index (χ2v) is 6.59. The molecule has 2 atom stereocenters. The number of rotatable bonds is 4. The lowest BCUT2D eigenvalue weighted by Crippen LogP contribution is -2.35. The smallest absolute Gasteiger partial charge is 0.338 e. The van der Waals surface area contributed by atoms with Gasteiger partial charge in [0, 0.05) is 25.2 Å². The van der Waals surface area contributed by atoms with E-state index in [9.17, 15) is 4.79 Å². The summed E-state index contributed by atoms with van der Waals surface area (Å²) < 4.78 is 16.9. The summed E-state index contributed by atoms with van der Waals surface area (Å²) in [6.07, 6.45) is 4.69. The second-order valence-electron chi connectivity index (χ2n) is 6.19. The number of halogens is 1. The van der Waals surface area contributed by atoms with Gasteiger partial charge in [0.1, 0.15) is 17.6 Å². The molecule has 2 unspecified atom stereocenters. The molecular weight excluding hydrogens is 342 g/mol. The van der Waals surface area contributed by atoms with Crippen LogP contribution in [0.3, 0.4) is 0 Å². The predicted molar refractivity (Wildman–Crippen MR) is 94.2 cm³/mol. The summed E-state index contributed by atoms with van der Waals surface area (Å²) in [6.45, 7) is 3.97. The molecule has 6 heteroatoms. The fourth-order valence-electron chi connectivity index (χ4n) is 2.90. The lowest BCUT2D eigenvalue weighted by atomic mass is 10.0. The van der Waals surface area contributed by atoms with E-state index in [2.05, 4.69) is 4.98 Å². The molecule has 1 fully saturated rings. The van der Waals surface area contributed by atoms with Gasteiger partial charge in [-0.15, -0.1) is 0 Å². The standard InChI is InChI=1S/C19H20ClNO4/c1-12-9-16(10-13(2)23-12)25-19(22)14-3-4-18(17(20)11-14)24-15-5-7-21-8-6-15/h3-8,11-13,16H,9-10H2,1-2H3. The third-order valence-corrected chi connectivity index (χ3v) is 4.27. The third-order valence-electron chi connectivity index (χ3n) is 3.97. The highest BCUT2D eigenvalue weighted by Crippen LogP contribution is 2.30. The van der Waals surface area contributed by atoms with Crippen LogP contribution >= 0.6 is 11.6 Å². The Labute approximate surface area is 151 Å². The largest absolute Gasteiger partial charge is 0.459 e. The van der Waals surface area contributed by atoms with Gasteiger partial charge in [0.2, 0.25) is 0 Å². The van der Waals surface area contributed by atoms with Crippen LogP contribution in [0.4, 0.5) is 0 Å². The average Bonchev–Trinajstić information content (AvgIpc) is 2.56. The summed E-state index contributed by atoms with van der Waals surface area (Å²) in [5, 5.41) is 0.347. The van der Waals surface area contributed by atoms with Crippen LogP contribution in [0.2, 0.25) is 5.02 Å². The molecule has 1 aromatic heterocycles. The molecule has 0 radical (unpaired) electrons. The average molecular weight is 362 g/mol. The topological polar surface area (TPSA) is 57.7 Å². The SMILES string of the molecule is CC1CC(OC(=O)c2ccc(Oc3ccncc3)c(Cl)c2)CC(C)O1. The van der Waals surface area contributed by atoms with Gasteiger partial charge in [-0.1, -0.05) is 11.6 Å². The number of nitrogens with zero attached hydrogens (tertiary/aromatic N) is 1. The molecule has 25 heavy (non-hydrogen) atoms. The van der Waals surface area contributed by atoms with Crippen LogP contribution < -0.4 is 4.74 Å². The molecule has 0 amide bonds. The molecule has 1 aliphatic rings. The number of benzene rings is 1. The molecule has 0 aliphatic carbocycles. The van der Waals surface area contributed by atoms with Crippen LogP contribution in [0.15, 0.2) is 42.7 Å². The Morgan fingerprint density at radius 3 is 2.48 bits per heavy atom. The highest BCUT2D eigenvalue weighted by atomic mass is 35.5. The van der Waals surface area contributed by atoms with Crippen molar-refractivity contribution in [3.8, 4) is 11.5 Å². The quantitative estimate of drug-likeness (QED) is 0.742. The summed E-state index contributed by atoms with van der Waals surface area (Å²) in [7, 11) is 0. The number of hydrogen-bond acceptors (Lipinski definition) is 5. The van der Waals surface area contributed by atoms with Crippen molar-refractivity contribution in [2.24, 2.45) is 0 Å². The minimum atomic E-state index is -0.385. The first-order chi connectivity index (χ1) is 12.0. The minimum absolute atomic E-state index is 0.0845. The molecule has 0 spiro atoms. The Hall–Kier alpha value is -2.11. The molecule has 2 aromatic rings. The van der Waals surface area contributed by atoms with E-state index in [4.69, 9.17) is 25.8 Å². The van der Waals surface area contributed by atoms with Crippen molar-refractivity contribution < 1.29 is 19.0 Å². The Morgan fingerprint density at radius 1 is 1.16 bits per heavy atom. The maximum Gasteiger partial charge on any atom is 0.338 e. The van der Waals surface area contributed by atoms with Crippen molar-refractivity contribution in [1.82, 2.24) is 4.98 Å². The van der Waals surface area contributed by atoms with Gasteiger partial charge in [-0.3, -0.25) is 4.98 Å². The number of carbonyl (C=O) groups excluding carboxylic acids is 1. The van der Waals surface area contributed by atoms with Gasteiger partial charge in [-0.2, -0.15) is 0 Å². The maximum absolute atomic E-state index is 12.4. The third kappa shape index (κ3) is 4.71. The molecule has 0 saturated carbocycles. The second kappa shape index (κ2) is 7.85. The molecule has 1 saturated heterocycles. The zero-order valence-electron chi connectivity index (χ0n) is 14.1. The monoisotopic (exact) mass is 361 g/mol. The molecule has 0 N–H and O–H groups in total. The molecule has 1 aliphatic heterocycles. The number of carbonyl (C=O) groups is 1. The van der Waals surface area contributed by atoms with Crippen LogP contribution in [-0.2, 0) is 9.47 Å². The maximum atomic E-state index is 12.4. The Morgan fingerprint density at radius 2 is 1.84 bits per heavy atom. The van der Waals surface area contributed by atoms with E-state index < -0.39 is 0 Å². The summed E-state index contributed by atoms with van der Waals surface area (Å²) >= 11 is 6.24. The van der Waals surface area contributed by atoms with E-state index in [1.165, 1.54) is 0 Å². The Balaban J connectivity index is 1.66. The van der Waals surface area contributed by atoms with E-state index in [0.29, 0.717) is 34.9 Å². The molecule has 2 heterocycles. The molecular formula is C19H20ClNO4. The molecule has 1 aromatic carbocycles. The van der Waals surface area contributed by atoms with E-state index >= 15 is 0 Å². The molecule has 0 bridgehead atoms. The highest BCUT2D eigenvalue weighted by Gasteiger charge is 2.27. The lowest BCUT2D eigenvalue weighted by molar-refractivity contribution is -0.0855. The van der Waals surface area contributed by atoms with Gasteiger partial charge in [0.25, 0.3) is 0 Å². The first-order valence-corrected chi connectivity index (χ1v) is 8.63. The van der Waals surface area contributed by atoms with E-state index in [0.717, 1.165) is 0 Å². The van der Waals surface area contributed by atoms with Crippen molar-refractivity contribution in [2.45, 2.75) is 45.0 Å². The van der Waals surface area contributed by atoms with E-state index in [1.54, 1.807) is 42.7 Å². The summed E-state index contributed by atoms with van der Waals surface area (Å²) in [5.74, 6) is 0.707. The van der Waals surface area contributed by atoms with Gasteiger partial charge in [-0.05, 0) is 44.2 Å². The van der Waals surface area contributed by atoms with Crippen LogP contribution in [-0.4, -0.2) is 29.3 Å². The predicted octanol–water partition coefficient (Wildman–Crippen LogP) is 4.64.